The third-order valence-electron chi connectivity index (χ3n) is 5.26. The van der Waals surface area contributed by atoms with Gasteiger partial charge >= 0.3 is 12.1 Å². The van der Waals surface area contributed by atoms with Crippen LogP contribution < -0.4 is 5.32 Å². The number of fused-ring (bicyclic) bond motifs is 1. The van der Waals surface area contributed by atoms with E-state index in [0.717, 1.165) is 9.58 Å². The Hall–Kier alpha value is -3.46. The molecule has 1 atom stereocenters. The minimum absolute atomic E-state index is 0.0929. The lowest BCUT2D eigenvalue weighted by Gasteiger charge is -2.13. The van der Waals surface area contributed by atoms with Gasteiger partial charge in [0.1, 0.15) is 26.2 Å². The predicted octanol–water partition coefficient (Wildman–Crippen LogP) is 5.22. The molecule has 0 aliphatic heterocycles. The summed E-state index contributed by atoms with van der Waals surface area (Å²) in [5.41, 5.74) is 0.656. The molecule has 3 aromatic heterocycles. The van der Waals surface area contributed by atoms with Crippen LogP contribution in [0.3, 0.4) is 0 Å². The molecule has 1 aliphatic carbocycles. The summed E-state index contributed by atoms with van der Waals surface area (Å²) in [6.45, 7) is 1.75. The van der Waals surface area contributed by atoms with Gasteiger partial charge in [-0.2, -0.15) is 0 Å². The summed E-state index contributed by atoms with van der Waals surface area (Å²) >= 11 is 8.65. The van der Waals surface area contributed by atoms with Gasteiger partial charge in [0, 0.05) is 0 Å². The lowest BCUT2D eigenvalue weighted by molar-refractivity contribution is -0.140. The van der Waals surface area contributed by atoms with Gasteiger partial charge in [0.15, 0.2) is 16.3 Å². The fourth-order valence-electron chi connectivity index (χ4n) is 3.20. The van der Waals surface area contributed by atoms with E-state index in [1.54, 1.807) is 6.92 Å². The Morgan fingerprint density at radius 3 is 2.68 bits per heavy atom. The van der Waals surface area contributed by atoms with Crippen molar-refractivity contribution in [2.75, 3.05) is 5.32 Å². The van der Waals surface area contributed by atoms with Crippen molar-refractivity contribution in [1.82, 2.24) is 15.1 Å². The number of carbonyl (C=O) groups excluding carboxylic acids is 1. The van der Waals surface area contributed by atoms with E-state index in [2.05, 4.69) is 32.3 Å². The molecular formula is C22H15ClN4O5S2. The number of amides is 1. The van der Waals surface area contributed by atoms with Crippen LogP contribution in [-0.4, -0.2) is 32.3 Å². The second-order valence-corrected chi connectivity index (χ2v) is 10.1. The van der Waals surface area contributed by atoms with Crippen molar-refractivity contribution in [3.05, 3.63) is 56.8 Å². The summed E-state index contributed by atoms with van der Waals surface area (Å²) < 4.78 is 11.1. The molecule has 1 aliphatic rings. The number of aromatic nitrogens is 3. The largest absolute Gasteiger partial charge is 0.481 e. The van der Waals surface area contributed by atoms with E-state index in [0.29, 0.717) is 28.5 Å². The molecule has 1 unspecified atom stereocenters. The van der Waals surface area contributed by atoms with Gasteiger partial charge in [-0.1, -0.05) is 46.8 Å². The van der Waals surface area contributed by atoms with Crippen LogP contribution >= 0.6 is 34.3 Å². The Morgan fingerprint density at radius 2 is 2.00 bits per heavy atom. The van der Waals surface area contributed by atoms with Crippen LogP contribution in [-0.2, 0) is 14.9 Å². The molecule has 2 N–H and O–H groups in total. The minimum atomic E-state index is -0.860. The number of rotatable bonds is 5. The highest BCUT2D eigenvalue weighted by Crippen LogP contribution is 2.51. The molecule has 0 bridgehead atoms. The molecule has 3 heterocycles. The second kappa shape index (κ2) is 8.72. The van der Waals surface area contributed by atoms with E-state index >= 15 is 0 Å². The number of nitrogens with one attached hydrogen (secondary N) is 1. The standard InChI is InChI=1S/C22H15ClN4O5S2/c1-11(12-5-3-2-4-6-12)31-21(30)25-15-13(27-32-16(15)23)7-8-14-24-17-18(33-14)34-19(26-17)22(9-10-22)20(28)29/h2-6,11H,9-10H2,1H3,(H,25,30)(H,28,29). The lowest BCUT2D eigenvalue weighted by atomic mass is 10.1. The molecule has 172 valence electrons. The topological polar surface area (TPSA) is 127 Å². The van der Waals surface area contributed by atoms with Crippen molar-refractivity contribution < 1.29 is 24.0 Å². The second-order valence-electron chi connectivity index (χ2n) is 7.55. The van der Waals surface area contributed by atoms with E-state index in [1.807, 2.05) is 30.3 Å². The van der Waals surface area contributed by atoms with Crippen LogP contribution in [0.4, 0.5) is 10.5 Å². The van der Waals surface area contributed by atoms with Crippen LogP contribution in [0.2, 0.25) is 5.22 Å². The fraction of sp³-hybridized carbons (Fsp3) is 0.227. The van der Waals surface area contributed by atoms with Crippen molar-refractivity contribution in [1.29, 1.82) is 0 Å². The highest BCUT2D eigenvalue weighted by Gasteiger charge is 2.54. The maximum atomic E-state index is 12.4. The first-order chi connectivity index (χ1) is 16.4. The molecule has 1 amide bonds. The Labute approximate surface area is 205 Å². The molecule has 9 nitrogen and oxygen atoms in total. The summed E-state index contributed by atoms with van der Waals surface area (Å²) in [5, 5.41) is 16.7. The third-order valence-corrected chi connectivity index (χ3v) is 7.82. The van der Waals surface area contributed by atoms with Crippen LogP contribution in [0.25, 0.3) is 9.66 Å². The van der Waals surface area contributed by atoms with Crippen molar-refractivity contribution >= 4 is 61.7 Å². The summed E-state index contributed by atoms with van der Waals surface area (Å²) in [5.74, 6) is 4.80. The van der Waals surface area contributed by atoms with Gasteiger partial charge in [-0.15, -0.1) is 11.3 Å². The van der Waals surface area contributed by atoms with Gasteiger partial charge in [0.25, 0.3) is 5.22 Å². The number of hydrogen-bond donors (Lipinski definition) is 2. The zero-order chi connectivity index (χ0) is 23.9. The third kappa shape index (κ3) is 4.23. The average Bonchev–Trinajstić information content (AvgIpc) is 3.26. The fourth-order valence-corrected chi connectivity index (χ4v) is 5.59. The molecule has 5 rings (SSSR count). The Balaban J connectivity index is 1.30. The zero-order valence-electron chi connectivity index (χ0n) is 17.5. The number of carbonyl (C=O) groups is 2. The monoisotopic (exact) mass is 514 g/mol. The van der Waals surface area contributed by atoms with E-state index in [9.17, 15) is 14.7 Å². The number of carboxylic acid groups (broad SMARTS) is 1. The highest BCUT2D eigenvalue weighted by atomic mass is 35.5. The molecular weight excluding hydrogens is 500 g/mol. The number of carboxylic acids is 1. The van der Waals surface area contributed by atoms with Crippen LogP contribution in [0, 0.1) is 11.8 Å². The van der Waals surface area contributed by atoms with Gasteiger partial charge in [-0.25, -0.2) is 14.8 Å². The molecule has 4 aromatic rings. The first-order valence-corrected chi connectivity index (χ1v) is 12.1. The molecule has 12 heteroatoms. The predicted molar refractivity (Wildman–Crippen MR) is 126 cm³/mol. The van der Waals surface area contributed by atoms with Crippen molar-refractivity contribution in [3.8, 4) is 11.8 Å². The van der Waals surface area contributed by atoms with Gasteiger partial charge in [0.2, 0.25) is 0 Å². The Kier molecular flexibility index (Phi) is 5.73. The van der Waals surface area contributed by atoms with Crippen molar-refractivity contribution in [2.24, 2.45) is 0 Å². The molecule has 1 saturated carbocycles. The van der Waals surface area contributed by atoms with E-state index in [-0.39, 0.29) is 16.6 Å². The van der Waals surface area contributed by atoms with Crippen LogP contribution in [0.5, 0.6) is 0 Å². The molecule has 34 heavy (non-hydrogen) atoms. The van der Waals surface area contributed by atoms with Gasteiger partial charge < -0.3 is 14.4 Å². The van der Waals surface area contributed by atoms with E-state index < -0.39 is 23.6 Å². The SMILES string of the molecule is CC(OC(=O)Nc1c(C#Cc2nc3nc(C4(C(=O)O)CC4)sc3s2)noc1Cl)c1ccccc1. The molecule has 0 spiro atoms. The molecule has 1 aromatic carbocycles. The summed E-state index contributed by atoms with van der Waals surface area (Å²) in [6.07, 6.45) is -0.0369. The molecule has 0 radical (unpaired) electrons. The van der Waals surface area contributed by atoms with Crippen molar-refractivity contribution in [3.63, 3.8) is 0 Å². The minimum Gasteiger partial charge on any atom is -0.481 e. The average molecular weight is 515 g/mol. The number of anilines is 1. The molecule has 1 fully saturated rings. The number of nitrogens with zero attached hydrogens (tertiary/aromatic N) is 3. The molecule has 0 saturated heterocycles. The Morgan fingerprint density at radius 1 is 1.24 bits per heavy atom. The smallest absolute Gasteiger partial charge is 0.412 e. The summed E-state index contributed by atoms with van der Waals surface area (Å²) in [6, 6.07) is 9.28. The van der Waals surface area contributed by atoms with Crippen LogP contribution in [0.1, 0.15) is 47.1 Å². The summed E-state index contributed by atoms with van der Waals surface area (Å²) in [7, 11) is 0. The number of benzene rings is 1. The normalized spacial score (nSPS) is 14.8. The van der Waals surface area contributed by atoms with E-state index in [4.69, 9.17) is 20.9 Å². The lowest BCUT2D eigenvalue weighted by Crippen LogP contribution is -2.18. The van der Waals surface area contributed by atoms with Crippen molar-refractivity contribution in [2.45, 2.75) is 31.3 Å². The maximum absolute atomic E-state index is 12.4. The van der Waals surface area contributed by atoms with Crippen LogP contribution in [0.15, 0.2) is 34.9 Å². The number of hydrogen-bond acceptors (Lipinski definition) is 9. The number of aliphatic carboxylic acids is 1. The quantitative estimate of drug-likeness (QED) is 0.347. The zero-order valence-corrected chi connectivity index (χ0v) is 19.9. The number of thiazole rings is 2. The number of halogens is 1. The van der Waals surface area contributed by atoms with Gasteiger partial charge in [0.05, 0.1) is 0 Å². The number of ether oxygens (including phenoxy) is 1. The maximum Gasteiger partial charge on any atom is 0.412 e. The van der Waals surface area contributed by atoms with E-state index in [1.165, 1.54) is 22.7 Å². The summed E-state index contributed by atoms with van der Waals surface area (Å²) in [4.78, 5) is 32.6. The van der Waals surface area contributed by atoms with Gasteiger partial charge in [-0.3, -0.25) is 10.1 Å². The first kappa shape index (κ1) is 22.3. The van der Waals surface area contributed by atoms with Gasteiger partial charge in [-0.05, 0) is 48.8 Å². The first-order valence-electron chi connectivity index (χ1n) is 10.1. The Bertz CT molecular complexity index is 1430. The highest BCUT2D eigenvalue weighted by molar-refractivity contribution is 7.38.